The standard InChI is InChI=1S/C13H19NO4S2/c1-19(15,16)14(13-8-10-20(17,18)11-13)9-7-12-5-3-2-4-6-12/h2-6,13H,7-11H2,1H3. The molecule has 0 bridgehead atoms. The number of hydrogen-bond acceptors (Lipinski definition) is 4. The normalized spacial score (nSPS) is 22.2. The fourth-order valence-corrected chi connectivity index (χ4v) is 5.48. The molecule has 0 aromatic heterocycles. The molecule has 0 N–H and O–H groups in total. The first-order chi connectivity index (χ1) is 9.28. The van der Waals surface area contributed by atoms with Crippen LogP contribution in [0.3, 0.4) is 0 Å². The highest BCUT2D eigenvalue weighted by Crippen LogP contribution is 2.20. The van der Waals surface area contributed by atoms with Crippen LogP contribution in [0.2, 0.25) is 0 Å². The molecule has 1 unspecified atom stereocenters. The van der Waals surface area contributed by atoms with Crippen LogP contribution in [0.4, 0.5) is 0 Å². The second-order valence-electron chi connectivity index (χ2n) is 5.17. The number of sulfonamides is 1. The number of hydrogen-bond donors (Lipinski definition) is 0. The first kappa shape index (κ1) is 15.5. The molecule has 0 spiro atoms. The summed E-state index contributed by atoms with van der Waals surface area (Å²) in [7, 11) is -6.49. The molecule has 2 rings (SSSR count). The van der Waals surface area contributed by atoms with Gasteiger partial charge in [0.15, 0.2) is 9.84 Å². The minimum atomic E-state index is -3.40. The van der Waals surface area contributed by atoms with Crippen LogP contribution in [0.1, 0.15) is 12.0 Å². The first-order valence-electron chi connectivity index (χ1n) is 6.49. The van der Waals surface area contributed by atoms with Crippen LogP contribution in [0.15, 0.2) is 30.3 Å². The Bertz CT molecular complexity index is 653. The van der Waals surface area contributed by atoms with Crippen LogP contribution >= 0.6 is 0 Å². The van der Waals surface area contributed by atoms with Gasteiger partial charge in [-0.05, 0) is 18.4 Å². The van der Waals surface area contributed by atoms with Gasteiger partial charge in [-0.3, -0.25) is 0 Å². The molecular weight excluding hydrogens is 298 g/mol. The van der Waals surface area contributed by atoms with Gasteiger partial charge in [0.05, 0.1) is 17.8 Å². The maximum atomic E-state index is 11.9. The Balaban J connectivity index is 2.10. The number of benzene rings is 1. The highest BCUT2D eigenvalue weighted by Gasteiger charge is 2.36. The van der Waals surface area contributed by atoms with Crippen molar-refractivity contribution in [2.75, 3.05) is 24.3 Å². The highest BCUT2D eigenvalue weighted by molar-refractivity contribution is 7.92. The zero-order valence-electron chi connectivity index (χ0n) is 11.4. The summed E-state index contributed by atoms with van der Waals surface area (Å²) in [6.45, 7) is 0.322. The molecule has 112 valence electrons. The van der Waals surface area contributed by atoms with Crippen LogP contribution in [-0.2, 0) is 26.3 Å². The molecule has 1 aromatic carbocycles. The van der Waals surface area contributed by atoms with Crippen molar-refractivity contribution in [1.29, 1.82) is 0 Å². The van der Waals surface area contributed by atoms with E-state index in [0.29, 0.717) is 19.4 Å². The van der Waals surface area contributed by atoms with Crippen molar-refractivity contribution in [3.63, 3.8) is 0 Å². The molecule has 0 radical (unpaired) electrons. The molecule has 1 atom stereocenters. The largest absolute Gasteiger partial charge is 0.229 e. The Labute approximate surface area is 120 Å². The van der Waals surface area contributed by atoms with Crippen molar-refractivity contribution in [3.8, 4) is 0 Å². The minimum Gasteiger partial charge on any atom is -0.229 e. The molecule has 1 aromatic rings. The summed E-state index contributed by atoms with van der Waals surface area (Å²) in [5.41, 5.74) is 1.04. The van der Waals surface area contributed by atoms with E-state index in [1.165, 1.54) is 4.31 Å². The topological polar surface area (TPSA) is 71.5 Å². The van der Waals surface area contributed by atoms with E-state index in [9.17, 15) is 16.8 Å². The van der Waals surface area contributed by atoms with E-state index in [2.05, 4.69) is 0 Å². The first-order valence-corrected chi connectivity index (χ1v) is 10.2. The summed E-state index contributed by atoms with van der Waals surface area (Å²) in [5.74, 6) is 0.0177. The Kier molecular flexibility index (Phi) is 4.51. The van der Waals surface area contributed by atoms with E-state index < -0.39 is 25.9 Å². The zero-order valence-corrected chi connectivity index (χ0v) is 13.0. The summed E-state index contributed by atoms with van der Waals surface area (Å²) >= 11 is 0. The van der Waals surface area contributed by atoms with Gasteiger partial charge in [0.2, 0.25) is 10.0 Å². The zero-order chi connectivity index (χ0) is 14.8. The average Bonchev–Trinajstić information content (AvgIpc) is 2.69. The third-order valence-electron chi connectivity index (χ3n) is 3.51. The van der Waals surface area contributed by atoms with Crippen molar-refractivity contribution >= 4 is 19.9 Å². The average molecular weight is 317 g/mol. The van der Waals surface area contributed by atoms with Gasteiger partial charge in [-0.15, -0.1) is 0 Å². The number of sulfone groups is 1. The molecule has 7 heteroatoms. The molecule has 5 nitrogen and oxygen atoms in total. The van der Waals surface area contributed by atoms with E-state index in [0.717, 1.165) is 11.8 Å². The molecule has 0 aliphatic carbocycles. The highest BCUT2D eigenvalue weighted by atomic mass is 32.2. The third-order valence-corrected chi connectivity index (χ3v) is 6.59. The molecule has 1 heterocycles. The Hall–Kier alpha value is -0.920. The molecule has 0 amide bonds. The van der Waals surface area contributed by atoms with Gasteiger partial charge in [0.25, 0.3) is 0 Å². The number of nitrogens with zero attached hydrogens (tertiary/aromatic N) is 1. The molecule has 20 heavy (non-hydrogen) atoms. The molecule has 1 fully saturated rings. The lowest BCUT2D eigenvalue weighted by atomic mass is 10.1. The van der Waals surface area contributed by atoms with Crippen molar-refractivity contribution in [1.82, 2.24) is 4.31 Å². The summed E-state index contributed by atoms with van der Waals surface area (Å²) < 4.78 is 48.2. The fourth-order valence-electron chi connectivity index (χ4n) is 2.51. The van der Waals surface area contributed by atoms with Gasteiger partial charge >= 0.3 is 0 Å². The van der Waals surface area contributed by atoms with E-state index in [4.69, 9.17) is 0 Å². The van der Waals surface area contributed by atoms with Gasteiger partial charge < -0.3 is 0 Å². The smallest absolute Gasteiger partial charge is 0.211 e. The van der Waals surface area contributed by atoms with E-state index in [1.54, 1.807) is 0 Å². The molecular formula is C13H19NO4S2. The lowest BCUT2D eigenvalue weighted by Crippen LogP contribution is -2.41. The molecule has 1 saturated heterocycles. The Morgan fingerprint density at radius 3 is 2.40 bits per heavy atom. The lowest BCUT2D eigenvalue weighted by molar-refractivity contribution is 0.346. The van der Waals surface area contributed by atoms with Gasteiger partial charge in [0.1, 0.15) is 0 Å². The number of rotatable bonds is 5. The van der Waals surface area contributed by atoms with Crippen LogP contribution in [-0.4, -0.2) is 51.5 Å². The Morgan fingerprint density at radius 2 is 1.90 bits per heavy atom. The second kappa shape index (κ2) is 5.83. The second-order valence-corrected chi connectivity index (χ2v) is 9.33. The van der Waals surface area contributed by atoms with E-state index >= 15 is 0 Å². The lowest BCUT2D eigenvalue weighted by Gasteiger charge is -2.25. The van der Waals surface area contributed by atoms with E-state index in [-0.39, 0.29) is 11.5 Å². The van der Waals surface area contributed by atoms with Gasteiger partial charge in [-0.2, -0.15) is 4.31 Å². The quantitative estimate of drug-likeness (QED) is 0.800. The van der Waals surface area contributed by atoms with Crippen molar-refractivity contribution < 1.29 is 16.8 Å². The van der Waals surface area contributed by atoms with Crippen LogP contribution in [0.5, 0.6) is 0 Å². The molecule has 0 saturated carbocycles. The maximum Gasteiger partial charge on any atom is 0.211 e. The third kappa shape index (κ3) is 4.04. The minimum absolute atomic E-state index is 0.0607. The van der Waals surface area contributed by atoms with Crippen molar-refractivity contribution in [3.05, 3.63) is 35.9 Å². The fraction of sp³-hybridized carbons (Fsp3) is 0.538. The Morgan fingerprint density at radius 1 is 1.25 bits per heavy atom. The summed E-state index contributed by atoms with van der Waals surface area (Å²) in [4.78, 5) is 0. The monoisotopic (exact) mass is 317 g/mol. The summed E-state index contributed by atoms with van der Waals surface area (Å²) in [5, 5.41) is 0. The van der Waals surface area contributed by atoms with Gasteiger partial charge in [-0.1, -0.05) is 30.3 Å². The van der Waals surface area contributed by atoms with E-state index in [1.807, 2.05) is 30.3 Å². The van der Waals surface area contributed by atoms with Crippen LogP contribution in [0, 0.1) is 0 Å². The van der Waals surface area contributed by atoms with Crippen molar-refractivity contribution in [2.24, 2.45) is 0 Å². The van der Waals surface area contributed by atoms with Crippen molar-refractivity contribution in [2.45, 2.75) is 18.9 Å². The van der Waals surface area contributed by atoms with Gasteiger partial charge in [0, 0.05) is 12.6 Å². The molecule has 1 aliphatic rings. The summed E-state index contributed by atoms with van der Waals surface area (Å²) in [6, 6.07) is 9.16. The summed E-state index contributed by atoms with van der Waals surface area (Å²) in [6.07, 6.45) is 2.12. The maximum absolute atomic E-state index is 11.9. The predicted molar refractivity (Wildman–Crippen MR) is 78.8 cm³/mol. The van der Waals surface area contributed by atoms with Gasteiger partial charge in [-0.25, -0.2) is 16.8 Å². The van der Waals surface area contributed by atoms with Crippen LogP contribution < -0.4 is 0 Å². The SMILES string of the molecule is CS(=O)(=O)N(CCc1ccccc1)C1CCS(=O)(=O)C1. The van der Waals surface area contributed by atoms with Crippen LogP contribution in [0.25, 0.3) is 0 Å². The molecule has 1 aliphatic heterocycles. The predicted octanol–water partition coefficient (Wildman–Crippen LogP) is 0.678.